The van der Waals surface area contributed by atoms with Crippen molar-refractivity contribution in [2.24, 2.45) is 0 Å². The summed E-state index contributed by atoms with van der Waals surface area (Å²) in [6.45, 7) is 2.96. The van der Waals surface area contributed by atoms with Gasteiger partial charge in [-0.25, -0.2) is 9.18 Å². The Balaban J connectivity index is 1.91. The number of ether oxygens (including phenoxy) is 1. The van der Waals surface area contributed by atoms with Crippen molar-refractivity contribution < 1.29 is 23.5 Å². The van der Waals surface area contributed by atoms with E-state index >= 15 is 0 Å². The molecule has 26 heavy (non-hydrogen) atoms. The molecule has 0 bridgehead atoms. The number of rotatable bonds is 6. The second-order valence-corrected chi connectivity index (χ2v) is 5.61. The minimum absolute atomic E-state index is 0.0261. The molecule has 0 aliphatic heterocycles. The second kappa shape index (κ2) is 8.75. The molecule has 0 aliphatic rings. The van der Waals surface area contributed by atoms with Crippen LogP contribution in [0.15, 0.2) is 48.5 Å². The summed E-state index contributed by atoms with van der Waals surface area (Å²) < 4.78 is 18.7. The molecule has 0 heterocycles. The molecule has 0 saturated carbocycles. The highest BCUT2D eigenvalue weighted by molar-refractivity contribution is 5.98. The largest absolute Gasteiger partial charge is 0.480 e. The Hall–Kier alpha value is -3.22. The molecule has 3 amide bonds. The average Bonchev–Trinajstić information content (AvgIpc) is 2.62. The summed E-state index contributed by atoms with van der Waals surface area (Å²) in [7, 11) is 0. The van der Waals surface area contributed by atoms with Gasteiger partial charge in [-0.15, -0.1) is 0 Å². The number of Topliss-reactive ketones (excluding diaryl/α,β-unsaturated/α-hetero) is 1. The molecule has 7 heteroatoms. The van der Waals surface area contributed by atoms with Gasteiger partial charge in [0.15, 0.2) is 11.9 Å². The lowest BCUT2D eigenvalue weighted by Gasteiger charge is -2.16. The number of urea groups is 1. The van der Waals surface area contributed by atoms with Crippen molar-refractivity contribution in [3.8, 4) is 5.75 Å². The molecule has 2 N–H and O–H groups in total. The van der Waals surface area contributed by atoms with Gasteiger partial charge < -0.3 is 10.1 Å². The molecule has 0 fully saturated rings. The minimum atomic E-state index is -1.05. The lowest BCUT2D eigenvalue weighted by atomic mass is 10.1. The molecule has 2 rings (SSSR count). The average molecular weight is 358 g/mol. The van der Waals surface area contributed by atoms with Gasteiger partial charge in [-0.3, -0.25) is 14.9 Å². The van der Waals surface area contributed by atoms with E-state index in [1.54, 1.807) is 0 Å². The Bertz CT molecular complexity index is 808. The van der Waals surface area contributed by atoms with E-state index in [1.807, 2.05) is 30.3 Å². The first-order valence-corrected chi connectivity index (χ1v) is 7.96. The van der Waals surface area contributed by atoms with Crippen LogP contribution in [0.3, 0.4) is 0 Å². The summed E-state index contributed by atoms with van der Waals surface area (Å²) in [5.74, 6) is -1.59. The van der Waals surface area contributed by atoms with Crippen LogP contribution in [0.1, 0.15) is 29.8 Å². The van der Waals surface area contributed by atoms with Crippen LogP contribution in [0, 0.1) is 5.82 Å². The van der Waals surface area contributed by atoms with Crippen molar-refractivity contribution in [1.29, 1.82) is 0 Å². The number of nitrogens with one attached hydrogen (secondary N) is 2. The van der Waals surface area contributed by atoms with Crippen molar-refractivity contribution in [2.75, 3.05) is 0 Å². The third-order valence-corrected chi connectivity index (χ3v) is 3.53. The Morgan fingerprint density at radius 1 is 1.12 bits per heavy atom. The zero-order chi connectivity index (χ0) is 19.1. The number of halogens is 1. The second-order valence-electron chi connectivity index (χ2n) is 5.61. The molecule has 2 aromatic rings. The number of hydrogen-bond acceptors (Lipinski definition) is 4. The molecule has 0 saturated heterocycles. The normalized spacial score (nSPS) is 11.3. The van der Waals surface area contributed by atoms with E-state index in [9.17, 15) is 18.8 Å². The van der Waals surface area contributed by atoms with E-state index in [1.165, 1.54) is 19.9 Å². The summed E-state index contributed by atoms with van der Waals surface area (Å²) in [5, 5.41) is 4.71. The number of amides is 3. The van der Waals surface area contributed by atoms with Gasteiger partial charge in [-0.1, -0.05) is 30.3 Å². The highest BCUT2D eigenvalue weighted by atomic mass is 19.1. The van der Waals surface area contributed by atoms with Crippen LogP contribution in [0.4, 0.5) is 9.18 Å². The Morgan fingerprint density at radius 2 is 1.81 bits per heavy atom. The fourth-order valence-electron chi connectivity index (χ4n) is 2.16. The molecule has 0 spiro atoms. The summed E-state index contributed by atoms with van der Waals surface area (Å²) in [6.07, 6.45) is -1.05. The van der Waals surface area contributed by atoms with Crippen LogP contribution in [0.2, 0.25) is 0 Å². The fourth-order valence-corrected chi connectivity index (χ4v) is 2.16. The van der Waals surface area contributed by atoms with Gasteiger partial charge in [0.1, 0.15) is 11.6 Å². The van der Waals surface area contributed by atoms with Gasteiger partial charge in [0.2, 0.25) is 0 Å². The van der Waals surface area contributed by atoms with E-state index in [0.717, 1.165) is 17.7 Å². The Kier molecular flexibility index (Phi) is 6.43. The quantitative estimate of drug-likeness (QED) is 0.778. The van der Waals surface area contributed by atoms with E-state index < -0.39 is 29.6 Å². The van der Waals surface area contributed by atoms with Crippen LogP contribution in [0.25, 0.3) is 0 Å². The predicted molar refractivity (Wildman–Crippen MR) is 93.3 cm³/mol. The first-order valence-electron chi connectivity index (χ1n) is 7.96. The zero-order valence-electron chi connectivity index (χ0n) is 14.4. The smallest absolute Gasteiger partial charge is 0.321 e. The number of hydrogen-bond donors (Lipinski definition) is 2. The summed E-state index contributed by atoms with van der Waals surface area (Å²) in [6, 6.07) is 12.0. The Labute approximate surface area is 150 Å². The van der Waals surface area contributed by atoms with Crippen molar-refractivity contribution in [2.45, 2.75) is 26.5 Å². The van der Waals surface area contributed by atoms with E-state index in [2.05, 4.69) is 10.6 Å². The van der Waals surface area contributed by atoms with E-state index in [4.69, 9.17) is 4.74 Å². The van der Waals surface area contributed by atoms with Gasteiger partial charge in [0.05, 0.1) is 5.56 Å². The highest BCUT2D eigenvalue weighted by Gasteiger charge is 2.20. The SMILES string of the molecule is CC(=O)c1cc(F)ccc1O[C@H](C)C(=O)NC(=O)NCc1ccccc1. The molecular weight excluding hydrogens is 339 g/mol. The molecule has 0 radical (unpaired) electrons. The monoisotopic (exact) mass is 358 g/mol. The van der Waals surface area contributed by atoms with Crippen molar-refractivity contribution in [3.63, 3.8) is 0 Å². The number of ketones is 1. The first-order chi connectivity index (χ1) is 12.4. The maximum absolute atomic E-state index is 13.3. The van der Waals surface area contributed by atoms with Crippen molar-refractivity contribution in [3.05, 3.63) is 65.5 Å². The van der Waals surface area contributed by atoms with Gasteiger partial charge in [-0.05, 0) is 37.6 Å². The maximum Gasteiger partial charge on any atom is 0.321 e. The summed E-state index contributed by atoms with van der Waals surface area (Å²) in [4.78, 5) is 35.4. The molecule has 0 aliphatic carbocycles. The Morgan fingerprint density at radius 3 is 2.46 bits per heavy atom. The highest BCUT2D eigenvalue weighted by Crippen LogP contribution is 2.21. The molecule has 136 valence electrons. The van der Waals surface area contributed by atoms with Gasteiger partial charge in [0, 0.05) is 6.54 Å². The van der Waals surface area contributed by atoms with Crippen LogP contribution in [-0.2, 0) is 11.3 Å². The van der Waals surface area contributed by atoms with Crippen molar-refractivity contribution >= 4 is 17.7 Å². The van der Waals surface area contributed by atoms with Gasteiger partial charge >= 0.3 is 6.03 Å². The number of carbonyl (C=O) groups excluding carboxylic acids is 3. The van der Waals surface area contributed by atoms with Crippen molar-refractivity contribution in [1.82, 2.24) is 10.6 Å². The molecule has 0 unspecified atom stereocenters. The van der Waals surface area contributed by atoms with E-state index in [0.29, 0.717) is 0 Å². The van der Waals surface area contributed by atoms with Gasteiger partial charge in [-0.2, -0.15) is 0 Å². The molecule has 1 atom stereocenters. The molecule has 2 aromatic carbocycles. The lowest BCUT2D eigenvalue weighted by molar-refractivity contribution is -0.126. The van der Waals surface area contributed by atoms with Crippen LogP contribution in [-0.4, -0.2) is 23.8 Å². The molecular formula is C19H19FN2O4. The maximum atomic E-state index is 13.3. The number of carbonyl (C=O) groups is 3. The number of benzene rings is 2. The third-order valence-electron chi connectivity index (χ3n) is 3.53. The standard InChI is InChI=1S/C19H19FN2O4/c1-12(23)16-10-15(20)8-9-17(16)26-13(2)18(24)22-19(25)21-11-14-6-4-3-5-7-14/h3-10,13H,11H2,1-2H3,(H2,21,22,24,25)/t13-/m1/s1. The lowest BCUT2D eigenvalue weighted by Crippen LogP contribution is -2.45. The summed E-state index contributed by atoms with van der Waals surface area (Å²) >= 11 is 0. The van der Waals surface area contributed by atoms with Crippen LogP contribution in [0.5, 0.6) is 5.75 Å². The van der Waals surface area contributed by atoms with Crippen LogP contribution < -0.4 is 15.4 Å². The predicted octanol–water partition coefficient (Wildman–Crippen LogP) is 2.82. The zero-order valence-corrected chi connectivity index (χ0v) is 14.4. The van der Waals surface area contributed by atoms with Crippen LogP contribution >= 0.6 is 0 Å². The third kappa shape index (κ3) is 5.41. The molecule has 0 aromatic heterocycles. The molecule has 6 nitrogen and oxygen atoms in total. The minimum Gasteiger partial charge on any atom is -0.480 e. The fraction of sp³-hybridized carbons (Fsp3) is 0.211. The summed E-state index contributed by atoms with van der Waals surface area (Å²) in [5.41, 5.74) is 0.912. The van der Waals surface area contributed by atoms with E-state index in [-0.39, 0.29) is 17.9 Å². The topological polar surface area (TPSA) is 84.5 Å². The first kappa shape index (κ1) is 19.1. The number of imide groups is 1. The van der Waals surface area contributed by atoms with Gasteiger partial charge in [0.25, 0.3) is 5.91 Å².